The second kappa shape index (κ2) is 11.1. The molecule has 108 valence electrons. The fourth-order valence-electron chi connectivity index (χ4n) is 3.07. The number of unbranched alkanes of at least 4 members (excludes halogenated alkanes) is 5. The Hall–Kier alpha value is 0.250. The summed E-state index contributed by atoms with van der Waals surface area (Å²) in [5, 5.41) is 3.65. The quantitative estimate of drug-likeness (QED) is 0.437. The second-order valence-corrected chi connectivity index (χ2v) is 6.24. The molecular formula is C16H32ClN. The van der Waals surface area contributed by atoms with Gasteiger partial charge in [-0.1, -0.05) is 51.9 Å². The van der Waals surface area contributed by atoms with Crippen LogP contribution in [0.25, 0.3) is 0 Å². The first-order valence-electron chi connectivity index (χ1n) is 8.15. The van der Waals surface area contributed by atoms with E-state index < -0.39 is 0 Å². The van der Waals surface area contributed by atoms with Gasteiger partial charge < -0.3 is 5.32 Å². The molecule has 1 rings (SSSR count). The highest BCUT2D eigenvalue weighted by Gasteiger charge is 2.23. The molecule has 1 aliphatic carbocycles. The van der Waals surface area contributed by atoms with Crippen molar-refractivity contribution in [3.63, 3.8) is 0 Å². The van der Waals surface area contributed by atoms with E-state index in [1.54, 1.807) is 0 Å². The average molecular weight is 274 g/mol. The molecule has 1 nitrogen and oxygen atoms in total. The van der Waals surface area contributed by atoms with E-state index in [4.69, 9.17) is 11.6 Å². The smallest absolute Gasteiger partial charge is 0.0254 e. The van der Waals surface area contributed by atoms with Crippen molar-refractivity contribution in [2.75, 3.05) is 19.0 Å². The van der Waals surface area contributed by atoms with E-state index in [1.807, 2.05) is 0 Å². The summed E-state index contributed by atoms with van der Waals surface area (Å²) in [6, 6.07) is 0. The van der Waals surface area contributed by atoms with Gasteiger partial charge in [0.05, 0.1) is 0 Å². The van der Waals surface area contributed by atoms with Gasteiger partial charge in [-0.05, 0) is 44.2 Å². The third-order valence-electron chi connectivity index (χ3n) is 4.38. The molecule has 0 aromatic carbocycles. The lowest BCUT2D eigenvalue weighted by Gasteiger charge is -2.30. The van der Waals surface area contributed by atoms with Gasteiger partial charge in [-0.15, -0.1) is 11.6 Å². The van der Waals surface area contributed by atoms with Crippen LogP contribution in [0.1, 0.15) is 71.1 Å². The van der Waals surface area contributed by atoms with E-state index in [2.05, 4.69) is 12.2 Å². The van der Waals surface area contributed by atoms with Crippen LogP contribution < -0.4 is 5.32 Å². The molecule has 0 spiro atoms. The van der Waals surface area contributed by atoms with Crippen molar-refractivity contribution >= 4 is 11.6 Å². The van der Waals surface area contributed by atoms with Crippen LogP contribution >= 0.6 is 11.6 Å². The minimum absolute atomic E-state index is 0.775. The van der Waals surface area contributed by atoms with E-state index in [0.717, 1.165) is 17.7 Å². The van der Waals surface area contributed by atoms with Gasteiger partial charge in [0.15, 0.2) is 0 Å². The molecule has 2 atom stereocenters. The summed E-state index contributed by atoms with van der Waals surface area (Å²) in [5.74, 6) is 2.48. The van der Waals surface area contributed by atoms with Gasteiger partial charge in [0.25, 0.3) is 0 Å². The Morgan fingerprint density at radius 1 is 0.944 bits per heavy atom. The summed E-state index contributed by atoms with van der Waals surface area (Å²) in [4.78, 5) is 0. The Morgan fingerprint density at radius 2 is 1.61 bits per heavy atom. The number of nitrogens with one attached hydrogen (secondary N) is 1. The first-order chi connectivity index (χ1) is 8.88. The summed E-state index contributed by atoms with van der Waals surface area (Å²) in [7, 11) is 0. The highest BCUT2D eigenvalue weighted by atomic mass is 35.5. The van der Waals surface area contributed by atoms with Gasteiger partial charge in [-0.2, -0.15) is 0 Å². The van der Waals surface area contributed by atoms with Gasteiger partial charge in [0.2, 0.25) is 0 Å². The van der Waals surface area contributed by atoms with Gasteiger partial charge in [-0.3, -0.25) is 0 Å². The zero-order chi connectivity index (χ0) is 13.1. The summed E-state index contributed by atoms with van der Waals surface area (Å²) >= 11 is 6.06. The lowest BCUT2D eigenvalue weighted by molar-refractivity contribution is 0.251. The van der Waals surface area contributed by atoms with Crippen LogP contribution in [0.2, 0.25) is 0 Å². The van der Waals surface area contributed by atoms with Crippen molar-refractivity contribution in [2.24, 2.45) is 11.8 Å². The lowest BCUT2D eigenvalue weighted by Crippen LogP contribution is -2.31. The molecule has 1 aliphatic rings. The van der Waals surface area contributed by atoms with E-state index in [0.29, 0.717) is 0 Å². The number of rotatable bonds is 10. The van der Waals surface area contributed by atoms with Crippen LogP contribution in [0.4, 0.5) is 0 Å². The van der Waals surface area contributed by atoms with E-state index >= 15 is 0 Å². The molecule has 18 heavy (non-hydrogen) atoms. The molecule has 0 aliphatic heterocycles. The third kappa shape index (κ3) is 6.99. The molecule has 1 saturated carbocycles. The molecule has 1 N–H and O–H groups in total. The van der Waals surface area contributed by atoms with Gasteiger partial charge in [-0.25, -0.2) is 0 Å². The number of alkyl halides is 1. The van der Waals surface area contributed by atoms with Crippen molar-refractivity contribution in [3.8, 4) is 0 Å². The second-order valence-electron chi connectivity index (χ2n) is 5.93. The first kappa shape index (κ1) is 16.3. The summed E-state index contributed by atoms with van der Waals surface area (Å²) in [6.45, 7) is 4.68. The van der Waals surface area contributed by atoms with Gasteiger partial charge in [0.1, 0.15) is 0 Å². The van der Waals surface area contributed by atoms with Crippen LogP contribution in [-0.2, 0) is 0 Å². The third-order valence-corrected chi connectivity index (χ3v) is 4.77. The lowest BCUT2D eigenvalue weighted by atomic mass is 9.80. The normalized spacial score (nSPS) is 24.3. The highest BCUT2D eigenvalue weighted by Crippen LogP contribution is 2.30. The van der Waals surface area contributed by atoms with Gasteiger partial charge >= 0.3 is 0 Å². The highest BCUT2D eigenvalue weighted by molar-refractivity contribution is 6.18. The van der Waals surface area contributed by atoms with Crippen LogP contribution in [0.3, 0.4) is 0 Å². The monoisotopic (exact) mass is 273 g/mol. The molecule has 0 radical (unpaired) electrons. The number of halogens is 1. The van der Waals surface area contributed by atoms with Gasteiger partial charge in [0, 0.05) is 5.88 Å². The van der Waals surface area contributed by atoms with E-state index in [1.165, 1.54) is 77.3 Å². The maximum absolute atomic E-state index is 6.06. The van der Waals surface area contributed by atoms with Crippen LogP contribution in [0.15, 0.2) is 0 Å². The molecule has 2 heteroatoms. The Kier molecular flexibility index (Phi) is 10.1. The fraction of sp³-hybridized carbons (Fsp3) is 1.00. The molecular weight excluding hydrogens is 242 g/mol. The Balaban J connectivity index is 1.93. The average Bonchev–Trinajstić information content (AvgIpc) is 2.42. The molecule has 1 fully saturated rings. The SMILES string of the molecule is CCCCCCCCNCC1CCCCC1CCl. The van der Waals surface area contributed by atoms with Crippen molar-refractivity contribution in [3.05, 3.63) is 0 Å². The molecule has 0 heterocycles. The number of hydrogen-bond acceptors (Lipinski definition) is 1. The van der Waals surface area contributed by atoms with Crippen molar-refractivity contribution in [1.29, 1.82) is 0 Å². The van der Waals surface area contributed by atoms with Crippen molar-refractivity contribution in [2.45, 2.75) is 71.1 Å². The van der Waals surface area contributed by atoms with Crippen LogP contribution in [-0.4, -0.2) is 19.0 Å². The summed E-state index contributed by atoms with van der Waals surface area (Å²) in [6.07, 6.45) is 13.9. The minimum Gasteiger partial charge on any atom is -0.316 e. The maximum atomic E-state index is 6.06. The predicted octanol–water partition coefficient (Wildman–Crippen LogP) is 4.98. The minimum atomic E-state index is 0.775. The van der Waals surface area contributed by atoms with E-state index in [-0.39, 0.29) is 0 Å². The first-order valence-corrected chi connectivity index (χ1v) is 8.68. The topological polar surface area (TPSA) is 12.0 Å². The molecule has 0 aromatic heterocycles. The molecule has 0 saturated heterocycles. The van der Waals surface area contributed by atoms with Crippen molar-refractivity contribution < 1.29 is 0 Å². The summed E-state index contributed by atoms with van der Waals surface area (Å²) < 4.78 is 0. The summed E-state index contributed by atoms with van der Waals surface area (Å²) in [5.41, 5.74) is 0. The molecule has 0 amide bonds. The maximum Gasteiger partial charge on any atom is 0.0254 e. The fourth-order valence-corrected chi connectivity index (χ4v) is 3.48. The van der Waals surface area contributed by atoms with E-state index in [9.17, 15) is 0 Å². The standard InChI is InChI=1S/C16H32ClN/c1-2-3-4-5-6-9-12-18-14-16-11-8-7-10-15(16)13-17/h15-16,18H,2-14H2,1H3. The predicted molar refractivity (Wildman–Crippen MR) is 82.4 cm³/mol. The van der Waals surface area contributed by atoms with Crippen molar-refractivity contribution in [1.82, 2.24) is 5.32 Å². The Bertz CT molecular complexity index is 184. The zero-order valence-electron chi connectivity index (χ0n) is 12.2. The molecule has 0 bridgehead atoms. The Morgan fingerprint density at radius 3 is 2.33 bits per heavy atom. The zero-order valence-corrected chi connectivity index (χ0v) is 13.0. The molecule has 2 unspecified atom stereocenters. The molecule has 0 aromatic rings. The number of hydrogen-bond donors (Lipinski definition) is 1. The Labute approximate surface area is 119 Å². The van der Waals surface area contributed by atoms with Crippen LogP contribution in [0.5, 0.6) is 0 Å². The van der Waals surface area contributed by atoms with Crippen LogP contribution in [0, 0.1) is 11.8 Å². The largest absolute Gasteiger partial charge is 0.316 e.